The number of hydrogen-bond donors (Lipinski definition) is 3. The number of anilines is 1. The number of aromatic nitrogens is 6. The van der Waals surface area contributed by atoms with E-state index in [2.05, 4.69) is 35.5 Å². The number of fused-ring (bicyclic) bond motifs is 2. The summed E-state index contributed by atoms with van der Waals surface area (Å²) in [5.74, 6) is -0.175. The van der Waals surface area contributed by atoms with Crippen molar-refractivity contribution in [3.8, 4) is 33.6 Å². The largest absolute Gasteiger partial charge is 0.352 e. The third kappa shape index (κ3) is 4.39. The molecule has 1 saturated carbocycles. The SMILES string of the molecule is O=C(Nc1cncc(-c2cnc3[nH]nc(-c4cc5c(-c6ccccc6F)cncc5[nH]4)c3c2)c1)C1CCCCC1. The molecule has 1 aromatic carbocycles. The summed E-state index contributed by atoms with van der Waals surface area (Å²) in [6.07, 6.45) is 13.9. The van der Waals surface area contributed by atoms with E-state index in [0.717, 1.165) is 58.8 Å². The number of carbonyl (C=O) groups is 1. The van der Waals surface area contributed by atoms with E-state index in [1.165, 1.54) is 12.5 Å². The van der Waals surface area contributed by atoms with Crippen LogP contribution in [-0.2, 0) is 4.79 Å². The molecule has 7 rings (SSSR count). The van der Waals surface area contributed by atoms with Gasteiger partial charge in [0.2, 0.25) is 5.91 Å². The second-order valence-electron chi connectivity index (χ2n) is 10.3. The molecule has 0 radical (unpaired) electrons. The molecule has 0 bridgehead atoms. The van der Waals surface area contributed by atoms with Gasteiger partial charge < -0.3 is 10.3 Å². The van der Waals surface area contributed by atoms with Crippen LogP contribution in [0.5, 0.6) is 0 Å². The van der Waals surface area contributed by atoms with Crippen molar-refractivity contribution >= 4 is 33.5 Å². The number of nitrogens with one attached hydrogen (secondary N) is 3. The molecule has 40 heavy (non-hydrogen) atoms. The van der Waals surface area contributed by atoms with Crippen molar-refractivity contribution in [3.05, 3.63) is 79.3 Å². The molecular formula is C31H26FN7O. The van der Waals surface area contributed by atoms with Gasteiger partial charge in [0, 0.05) is 57.5 Å². The van der Waals surface area contributed by atoms with Crippen LogP contribution in [0.4, 0.5) is 10.1 Å². The lowest BCUT2D eigenvalue weighted by atomic mass is 9.88. The molecule has 1 aliphatic carbocycles. The first kappa shape index (κ1) is 24.1. The summed E-state index contributed by atoms with van der Waals surface area (Å²) >= 11 is 0. The van der Waals surface area contributed by atoms with Gasteiger partial charge in [-0.3, -0.25) is 19.9 Å². The van der Waals surface area contributed by atoms with Crippen molar-refractivity contribution in [2.24, 2.45) is 5.92 Å². The molecule has 9 heteroatoms. The van der Waals surface area contributed by atoms with Crippen LogP contribution in [0.25, 0.3) is 55.6 Å². The topological polar surface area (TPSA) is 112 Å². The van der Waals surface area contributed by atoms with Crippen molar-refractivity contribution in [1.82, 2.24) is 30.1 Å². The Morgan fingerprint density at radius 2 is 1.70 bits per heavy atom. The third-order valence-electron chi connectivity index (χ3n) is 7.70. The first-order valence-corrected chi connectivity index (χ1v) is 13.5. The number of pyridine rings is 3. The Hall–Kier alpha value is -4.92. The molecule has 1 fully saturated rings. The molecule has 1 amide bonds. The molecule has 1 aliphatic rings. The van der Waals surface area contributed by atoms with Crippen molar-refractivity contribution < 1.29 is 9.18 Å². The van der Waals surface area contributed by atoms with Crippen molar-refractivity contribution in [2.75, 3.05) is 5.32 Å². The monoisotopic (exact) mass is 531 g/mol. The third-order valence-corrected chi connectivity index (χ3v) is 7.70. The maximum absolute atomic E-state index is 14.6. The highest BCUT2D eigenvalue weighted by atomic mass is 19.1. The van der Waals surface area contributed by atoms with Crippen LogP contribution in [0.1, 0.15) is 32.1 Å². The molecule has 0 spiro atoms. The molecule has 0 aliphatic heterocycles. The number of aromatic amines is 2. The predicted molar refractivity (Wildman–Crippen MR) is 153 cm³/mol. The van der Waals surface area contributed by atoms with Gasteiger partial charge in [-0.1, -0.05) is 37.5 Å². The highest BCUT2D eigenvalue weighted by Gasteiger charge is 2.21. The molecule has 0 atom stereocenters. The number of amides is 1. The maximum Gasteiger partial charge on any atom is 0.227 e. The van der Waals surface area contributed by atoms with Gasteiger partial charge in [0.1, 0.15) is 11.5 Å². The number of halogens is 1. The van der Waals surface area contributed by atoms with Crippen molar-refractivity contribution in [2.45, 2.75) is 32.1 Å². The molecule has 6 aromatic rings. The van der Waals surface area contributed by atoms with Gasteiger partial charge in [-0.2, -0.15) is 5.10 Å². The van der Waals surface area contributed by atoms with E-state index in [1.807, 2.05) is 24.3 Å². The second-order valence-corrected chi connectivity index (χ2v) is 10.3. The Morgan fingerprint density at radius 1 is 0.875 bits per heavy atom. The fourth-order valence-electron chi connectivity index (χ4n) is 5.61. The van der Waals surface area contributed by atoms with Gasteiger partial charge in [0.05, 0.1) is 29.3 Å². The molecule has 198 valence electrons. The maximum atomic E-state index is 14.6. The van der Waals surface area contributed by atoms with E-state index in [1.54, 1.807) is 43.1 Å². The Bertz CT molecular complexity index is 1870. The Balaban J connectivity index is 1.23. The van der Waals surface area contributed by atoms with Gasteiger partial charge in [0.15, 0.2) is 5.65 Å². The molecular weight excluding hydrogens is 505 g/mol. The fraction of sp³-hybridized carbons (Fsp3) is 0.194. The molecule has 8 nitrogen and oxygen atoms in total. The normalized spacial score (nSPS) is 14.1. The predicted octanol–water partition coefficient (Wildman–Crippen LogP) is 6.89. The van der Waals surface area contributed by atoms with Crippen LogP contribution in [-0.4, -0.2) is 36.0 Å². The van der Waals surface area contributed by atoms with Crippen LogP contribution in [0.15, 0.2) is 73.4 Å². The van der Waals surface area contributed by atoms with Crippen molar-refractivity contribution in [3.63, 3.8) is 0 Å². The minimum atomic E-state index is -0.301. The van der Waals surface area contributed by atoms with Crippen LogP contribution in [0, 0.1) is 11.7 Å². The summed E-state index contributed by atoms with van der Waals surface area (Å²) in [7, 11) is 0. The Morgan fingerprint density at radius 3 is 2.58 bits per heavy atom. The van der Waals surface area contributed by atoms with E-state index in [0.29, 0.717) is 28.2 Å². The van der Waals surface area contributed by atoms with Gasteiger partial charge in [0.25, 0.3) is 0 Å². The van der Waals surface area contributed by atoms with Crippen molar-refractivity contribution in [1.29, 1.82) is 0 Å². The fourth-order valence-corrected chi connectivity index (χ4v) is 5.61. The van der Waals surface area contributed by atoms with Crippen LogP contribution in [0.3, 0.4) is 0 Å². The highest BCUT2D eigenvalue weighted by Crippen LogP contribution is 2.35. The highest BCUT2D eigenvalue weighted by molar-refractivity contribution is 6.01. The van der Waals surface area contributed by atoms with Crippen LogP contribution < -0.4 is 5.32 Å². The first-order valence-electron chi connectivity index (χ1n) is 13.5. The molecule has 5 aromatic heterocycles. The lowest BCUT2D eigenvalue weighted by Crippen LogP contribution is -2.24. The average molecular weight is 532 g/mol. The Labute approximate surface area is 229 Å². The van der Waals surface area contributed by atoms with Crippen LogP contribution >= 0.6 is 0 Å². The molecule has 5 heterocycles. The Kier molecular flexibility index (Phi) is 6.03. The number of rotatable bonds is 5. The lowest BCUT2D eigenvalue weighted by Gasteiger charge is -2.20. The number of hydrogen-bond acceptors (Lipinski definition) is 5. The van der Waals surface area contributed by atoms with Crippen LogP contribution in [0.2, 0.25) is 0 Å². The lowest BCUT2D eigenvalue weighted by molar-refractivity contribution is -0.120. The number of carbonyl (C=O) groups excluding carboxylic acids is 1. The number of nitrogens with zero attached hydrogens (tertiary/aromatic N) is 4. The zero-order chi connectivity index (χ0) is 27.1. The van der Waals surface area contributed by atoms with Gasteiger partial charge in [-0.15, -0.1) is 0 Å². The van der Waals surface area contributed by atoms with Gasteiger partial charge in [-0.05, 0) is 37.1 Å². The molecule has 3 N–H and O–H groups in total. The quantitative estimate of drug-likeness (QED) is 0.224. The second kappa shape index (κ2) is 10.00. The minimum absolute atomic E-state index is 0.0624. The summed E-state index contributed by atoms with van der Waals surface area (Å²) in [5.41, 5.74) is 6.42. The van der Waals surface area contributed by atoms with E-state index in [9.17, 15) is 9.18 Å². The minimum Gasteiger partial charge on any atom is -0.352 e. The van der Waals surface area contributed by atoms with E-state index >= 15 is 0 Å². The number of benzene rings is 1. The summed E-state index contributed by atoms with van der Waals surface area (Å²) in [5, 5.41) is 12.3. The summed E-state index contributed by atoms with van der Waals surface area (Å²) < 4.78 is 14.6. The average Bonchev–Trinajstić information content (AvgIpc) is 3.62. The number of H-pyrrole nitrogens is 2. The smallest absolute Gasteiger partial charge is 0.227 e. The van der Waals surface area contributed by atoms with Gasteiger partial charge in [-0.25, -0.2) is 9.37 Å². The molecule has 0 saturated heterocycles. The van der Waals surface area contributed by atoms with E-state index in [4.69, 9.17) is 0 Å². The standard InChI is InChI=1S/C31H26FN7O/c32-26-9-5-4-8-22(26)25-16-34-17-28-23(25)12-27(37-28)29-24-11-20(14-35-30(24)39-38-29)19-10-21(15-33-13-19)36-31(40)18-6-2-1-3-7-18/h4-5,8-18,37H,1-3,6-7H2,(H,36,40)(H,35,38,39). The zero-order valence-electron chi connectivity index (χ0n) is 21.6. The van der Waals surface area contributed by atoms with Gasteiger partial charge >= 0.3 is 0 Å². The van der Waals surface area contributed by atoms with E-state index in [-0.39, 0.29) is 17.6 Å². The summed E-state index contributed by atoms with van der Waals surface area (Å²) in [4.78, 5) is 29.4. The zero-order valence-corrected chi connectivity index (χ0v) is 21.6. The first-order chi connectivity index (χ1) is 19.6. The summed E-state index contributed by atoms with van der Waals surface area (Å²) in [6.45, 7) is 0. The molecule has 0 unspecified atom stereocenters. The van der Waals surface area contributed by atoms with E-state index < -0.39 is 0 Å². The summed E-state index contributed by atoms with van der Waals surface area (Å²) in [6, 6.07) is 12.6.